The van der Waals surface area contributed by atoms with E-state index in [1.807, 2.05) is 0 Å². The Morgan fingerprint density at radius 2 is 1.85 bits per heavy atom. The van der Waals surface area contributed by atoms with Crippen LogP contribution in [0.5, 0.6) is 0 Å². The van der Waals surface area contributed by atoms with Gasteiger partial charge in [-0.3, -0.25) is 0 Å². The summed E-state index contributed by atoms with van der Waals surface area (Å²) in [6, 6.07) is 0. The van der Waals surface area contributed by atoms with Crippen molar-refractivity contribution < 1.29 is 0 Å². The lowest BCUT2D eigenvalue weighted by atomic mass is 9.77. The summed E-state index contributed by atoms with van der Waals surface area (Å²) < 4.78 is 0. The minimum absolute atomic E-state index is 0.580. The molecule has 0 bridgehead atoms. The fraction of sp³-hybridized carbons (Fsp3) is 1.00. The average molecular weight is 218 g/mol. The van der Waals surface area contributed by atoms with Crippen molar-refractivity contribution in [1.82, 2.24) is 0 Å². The van der Waals surface area contributed by atoms with Gasteiger partial charge in [-0.05, 0) is 35.0 Å². The Balaban J connectivity index is 2.38. The Morgan fingerprint density at radius 3 is 2.31 bits per heavy atom. The first kappa shape index (κ1) is 11.8. The van der Waals surface area contributed by atoms with Crippen molar-refractivity contribution in [3.8, 4) is 0 Å². The molecule has 0 N–H and O–H groups in total. The molecule has 1 aliphatic carbocycles. The van der Waals surface area contributed by atoms with E-state index in [0.29, 0.717) is 5.41 Å². The molecule has 0 unspecified atom stereocenters. The van der Waals surface area contributed by atoms with E-state index in [1.54, 1.807) is 0 Å². The standard InChI is InChI=1S/C11H22S2/c1-10(2)13-9-11(8-12)6-4-3-5-7-11/h10,12H,3-9H2,1-2H3. The zero-order valence-electron chi connectivity index (χ0n) is 8.88. The van der Waals surface area contributed by atoms with Gasteiger partial charge < -0.3 is 0 Å². The number of thioether (sulfide) groups is 1. The van der Waals surface area contributed by atoms with E-state index in [9.17, 15) is 0 Å². The number of thiol groups is 1. The third kappa shape index (κ3) is 3.75. The number of hydrogen-bond donors (Lipinski definition) is 1. The van der Waals surface area contributed by atoms with Crippen LogP contribution in [0.4, 0.5) is 0 Å². The van der Waals surface area contributed by atoms with Crippen LogP contribution >= 0.6 is 24.4 Å². The van der Waals surface area contributed by atoms with Crippen molar-refractivity contribution in [1.29, 1.82) is 0 Å². The third-order valence-electron chi connectivity index (χ3n) is 2.97. The van der Waals surface area contributed by atoms with Gasteiger partial charge in [-0.1, -0.05) is 33.1 Å². The van der Waals surface area contributed by atoms with Crippen LogP contribution in [0.1, 0.15) is 46.0 Å². The molecule has 0 aliphatic heterocycles. The second-order valence-corrected chi connectivity index (χ2v) is 6.46. The first-order valence-electron chi connectivity index (χ1n) is 5.41. The van der Waals surface area contributed by atoms with Gasteiger partial charge in [-0.2, -0.15) is 24.4 Å². The third-order valence-corrected chi connectivity index (χ3v) is 5.09. The molecule has 1 rings (SSSR count). The minimum atomic E-state index is 0.580. The van der Waals surface area contributed by atoms with Gasteiger partial charge >= 0.3 is 0 Å². The topological polar surface area (TPSA) is 0 Å². The smallest absolute Gasteiger partial charge is 0.0000414 e. The van der Waals surface area contributed by atoms with Crippen LogP contribution in [0, 0.1) is 5.41 Å². The van der Waals surface area contributed by atoms with Crippen LogP contribution < -0.4 is 0 Å². The van der Waals surface area contributed by atoms with Crippen LogP contribution in [0.2, 0.25) is 0 Å². The molecule has 1 fully saturated rings. The maximum atomic E-state index is 4.54. The van der Waals surface area contributed by atoms with Crippen LogP contribution in [-0.2, 0) is 0 Å². The van der Waals surface area contributed by atoms with Crippen LogP contribution in [0.25, 0.3) is 0 Å². The van der Waals surface area contributed by atoms with Crippen molar-refractivity contribution in [2.75, 3.05) is 11.5 Å². The monoisotopic (exact) mass is 218 g/mol. The number of rotatable bonds is 4. The van der Waals surface area contributed by atoms with Gasteiger partial charge in [0.25, 0.3) is 0 Å². The molecule has 1 saturated carbocycles. The lowest BCUT2D eigenvalue weighted by molar-refractivity contribution is 0.258. The van der Waals surface area contributed by atoms with Crippen LogP contribution in [-0.4, -0.2) is 16.8 Å². The number of hydrogen-bond acceptors (Lipinski definition) is 2. The summed E-state index contributed by atoms with van der Waals surface area (Å²) in [5.74, 6) is 2.42. The summed E-state index contributed by atoms with van der Waals surface area (Å²) >= 11 is 6.65. The van der Waals surface area contributed by atoms with Crippen LogP contribution in [0.15, 0.2) is 0 Å². The molecule has 2 heteroatoms. The van der Waals surface area contributed by atoms with Crippen LogP contribution in [0.3, 0.4) is 0 Å². The van der Waals surface area contributed by atoms with E-state index < -0.39 is 0 Å². The molecule has 0 saturated heterocycles. The van der Waals surface area contributed by atoms with Gasteiger partial charge in [0.2, 0.25) is 0 Å². The SMILES string of the molecule is CC(C)SCC1(CS)CCCCC1. The van der Waals surface area contributed by atoms with Crippen molar-refractivity contribution in [2.24, 2.45) is 5.41 Å². The fourth-order valence-corrected chi connectivity index (χ4v) is 3.65. The molecule has 0 aromatic carbocycles. The van der Waals surface area contributed by atoms with E-state index in [0.717, 1.165) is 11.0 Å². The van der Waals surface area contributed by atoms with Crippen molar-refractivity contribution in [3.05, 3.63) is 0 Å². The molecule has 0 atom stereocenters. The summed E-state index contributed by atoms with van der Waals surface area (Å²) in [4.78, 5) is 0. The van der Waals surface area contributed by atoms with Crippen molar-refractivity contribution in [2.45, 2.75) is 51.2 Å². The maximum Gasteiger partial charge on any atom is -0.0000414 e. The Labute approximate surface area is 92.7 Å². The predicted octanol–water partition coefficient (Wildman–Crippen LogP) is 4.01. The van der Waals surface area contributed by atoms with Gasteiger partial charge in [0.1, 0.15) is 0 Å². The molecule has 13 heavy (non-hydrogen) atoms. The highest BCUT2D eigenvalue weighted by atomic mass is 32.2. The Kier molecular flexibility index (Phi) is 5.03. The maximum absolute atomic E-state index is 4.54. The summed E-state index contributed by atoms with van der Waals surface area (Å²) in [6.07, 6.45) is 7.13. The first-order chi connectivity index (χ1) is 6.18. The Bertz CT molecular complexity index is 137. The van der Waals surface area contributed by atoms with Gasteiger partial charge in [0.05, 0.1) is 0 Å². The lowest BCUT2D eigenvalue weighted by Gasteiger charge is -2.36. The molecule has 1 aliphatic rings. The lowest BCUT2D eigenvalue weighted by Crippen LogP contribution is -2.29. The Hall–Kier alpha value is 0.700. The van der Waals surface area contributed by atoms with Crippen molar-refractivity contribution >= 4 is 24.4 Å². The van der Waals surface area contributed by atoms with Gasteiger partial charge in [0.15, 0.2) is 0 Å². The second-order valence-electron chi connectivity index (χ2n) is 4.58. The molecule has 0 radical (unpaired) electrons. The normalized spacial score (nSPS) is 22.2. The van der Waals surface area contributed by atoms with E-state index in [4.69, 9.17) is 0 Å². The molecule has 0 aromatic heterocycles. The second kappa shape index (κ2) is 5.55. The summed E-state index contributed by atoms with van der Waals surface area (Å²) in [5, 5.41) is 0.777. The van der Waals surface area contributed by atoms with Gasteiger partial charge in [-0.15, -0.1) is 0 Å². The van der Waals surface area contributed by atoms with E-state index >= 15 is 0 Å². The highest BCUT2D eigenvalue weighted by Gasteiger charge is 2.30. The van der Waals surface area contributed by atoms with Gasteiger partial charge in [-0.25, -0.2) is 0 Å². The molecule has 78 valence electrons. The van der Waals surface area contributed by atoms with Crippen molar-refractivity contribution in [3.63, 3.8) is 0 Å². The summed E-state index contributed by atoms with van der Waals surface area (Å²) in [6.45, 7) is 4.58. The molecule has 0 heterocycles. The molecule has 0 amide bonds. The first-order valence-corrected chi connectivity index (χ1v) is 7.09. The highest BCUT2D eigenvalue weighted by Crippen LogP contribution is 2.40. The summed E-state index contributed by atoms with van der Waals surface area (Å²) in [7, 11) is 0. The predicted molar refractivity (Wildman–Crippen MR) is 67.0 cm³/mol. The molecular formula is C11H22S2. The van der Waals surface area contributed by atoms with E-state index in [2.05, 4.69) is 38.2 Å². The fourth-order valence-electron chi connectivity index (χ4n) is 1.99. The Morgan fingerprint density at radius 1 is 1.23 bits per heavy atom. The minimum Gasteiger partial charge on any atom is -0.179 e. The molecular weight excluding hydrogens is 196 g/mol. The molecule has 0 spiro atoms. The molecule has 0 nitrogen and oxygen atoms in total. The van der Waals surface area contributed by atoms with E-state index in [-0.39, 0.29) is 0 Å². The van der Waals surface area contributed by atoms with Gasteiger partial charge in [0, 0.05) is 0 Å². The largest absolute Gasteiger partial charge is 0.179 e. The average Bonchev–Trinajstić information content (AvgIpc) is 2.16. The zero-order chi connectivity index (χ0) is 9.73. The highest BCUT2D eigenvalue weighted by molar-refractivity contribution is 7.99. The quantitative estimate of drug-likeness (QED) is 0.696. The van der Waals surface area contributed by atoms with E-state index in [1.165, 1.54) is 37.9 Å². The molecule has 0 aromatic rings. The summed E-state index contributed by atoms with van der Waals surface area (Å²) in [5.41, 5.74) is 0.580. The zero-order valence-corrected chi connectivity index (χ0v) is 10.6.